The molecule has 2 rings (SSSR count). The van der Waals surface area contributed by atoms with Gasteiger partial charge in [0.1, 0.15) is 5.75 Å². The first kappa shape index (κ1) is 17.1. The third-order valence-corrected chi connectivity index (χ3v) is 3.83. The molecule has 1 atom stereocenters. The lowest BCUT2D eigenvalue weighted by molar-refractivity contribution is 0.0949. The summed E-state index contributed by atoms with van der Waals surface area (Å²) in [5, 5.41) is 6.63. The minimum Gasteiger partial charge on any atom is -0.496 e. The van der Waals surface area contributed by atoms with Crippen LogP contribution >= 0.6 is 0 Å². The highest BCUT2D eigenvalue weighted by molar-refractivity contribution is 5.55. The predicted molar refractivity (Wildman–Crippen MR) is 94.6 cm³/mol. The molecule has 1 unspecified atom stereocenters. The summed E-state index contributed by atoms with van der Waals surface area (Å²) in [4.78, 5) is 0. The fourth-order valence-electron chi connectivity index (χ4n) is 2.44. The molecule has 2 aromatic carbocycles. The van der Waals surface area contributed by atoms with Gasteiger partial charge in [-0.25, -0.2) is 0 Å². The summed E-state index contributed by atoms with van der Waals surface area (Å²) in [6, 6.07) is 11.9. The maximum absolute atomic E-state index is 5.99. The molecule has 124 valence electrons. The quantitative estimate of drug-likeness (QED) is 0.541. The number of ether oxygens (including phenoxy) is 2. The van der Waals surface area contributed by atoms with Crippen LogP contribution in [-0.2, 0) is 11.3 Å². The first-order chi connectivity index (χ1) is 11.0. The number of nitrogens with two attached hydrogens (primary N) is 1. The van der Waals surface area contributed by atoms with E-state index >= 15 is 0 Å². The lowest BCUT2D eigenvalue weighted by Crippen LogP contribution is -2.37. The van der Waals surface area contributed by atoms with Crippen molar-refractivity contribution in [2.24, 2.45) is 0 Å². The Kier molecular flexibility index (Phi) is 5.84. The number of hydrogen-bond donors (Lipinski definition) is 3. The van der Waals surface area contributed by atoms with E-state index in [0.29, 0.717) is 6.54 Å². The van der Waals surface area contributed by atoms with E-state index in [2.05, 4.69) is 29.7 Å². The summed E-state index contributed by atoms with van der Waals surface area (Å²) in [7, 11) is 3.32. The van der Waals surface area contributed by atoms with Gasteiger partial charge in [-0.05, 0) is 49.2 Å². The second kappa shape index (κ2) is 7.85. The maximum atomic E-state index is 5.99. The molecule has 0 radical (unpaired) electrons. The van der Waals surface area contributed by atoms with Crippen molar-refractivity contribution in [1.29, 1.82) is 0 Å². The van der Waals surface area contributed by atoms with Crippen molar-refractivity contribution >= 4 is 11.4 Å². The lowest BCUT2D eigenvalue weighted by atomic mass is 10.1. The average molecular weight is 315 g/mol. The Morgan fingerprint density at radius 1 is 1.13 bits per heavy atom. The minimum atomic E-state index is -0.317. The smallest absolute Gasteiger partial charge is 0.184 e. The Morgan fingerprint density at radius 3 is 2.57 bits per heavy atom. The topological polar surface area (TPSA) is 68.5 Å². The number of rotatable bonds is 7. The van der Waals surface area contributed by atoms with Gasteiger partial charge < -0.3 is 20.5 Å². The molecule has 0 saturated carbocycles. The van der Waals surface area contributed by atoms with E-state index in [-0.39, 0.29) is 6.35 Å². The van der Waals surface area contributed by atoms with Gasteiger partial charge in [-0.1, -0.05) is 12.1 Å². The molecule has 0 bridgehead atoms. The molecular weight excluding hydrogens is 290 g/mol. The lowest BCUT2D eigenvalue weighted by Gasteiger charge is -2.22. The van der Waals surface area contributed by atoms with Crippen molar-refractivity contribution in [3.05, 3.63) is 53.1 Å². The van der Waals surface area contributed by atoms with Crippen LogP contribution in [0.15, 0.2) is 36.4 Å². The number of nitrogens with one attached hydrogen (secondary N) is 2. The van der Waals surface area contributed by atoms with Crippen LogP contribution in [0.1, 0.15) is 16.7 Å². The number of nitrogen functional groups attached to an aromatic ring is 1. The molecule has 23 heavy (non-hydrogen) atoms. The zero-order valence-electron chi connectivity index (χ0n) is 14.1. The Balaban J connectivity index is 2.07. The Morgan fingerprint density at radius 2 is 1.91 bits per heavy atom. The fourth-order valence-corrected chi connectivity index (χ4v) is 2.44. The van der Waals surface area contributed by atoms with E-state index in [0.717, 1.165) is 28.3 Å². The molecule has 0 fully saturated rings. The molecule has 0 spiro atoms. The number of aryl methyl sites for hydroxylation is 1. The first-order valence-electron chi connectivity index (χ1n) is 7.56. The van der Waals surface area contributed by atoms with Gasteiger partial charge >= 0.3 is 0 Å². The van der Waals surface area contributed by atoms with Crippen LogP contribution in [-0.4, -0.2) is 20.6 Å². The number of anilines is 2. The number of methoxy groups -OCH3 is 2. The third kappa shape index (κ3) is 4.37. The molecule has 0 aliphatic carbocycles. The normalized spacial score (nSPS) is 12.0. The van der Waals surface area contributed by atoms with Gasteiger partial charge in [-0.3, -0.25) is 5.32 Å². The van der Waals surface area contributed by atoms with Gasteiger partial charge in [0.25, 0.3) is 0 Å². The van der Waals surface area contributed by atoms with Crippen molar-refractivity contribution in [2.45, 2.75) is 26.7 Å². The van der Waals surface area contributed by atoms with E-state index in [1.807, 2.05) is 31.2 Å². The summed E-state index contributed by atoms with van der Waals surface area (Å²) in [5.41, 5.74) is 11.0. The molecule has 5 nitrogen and oxygen atoms in total. The fraction of sp³-hybridized carbons (Fsp3) is 0.333. The largest absolute Gasteiger partial charge is 0.496 e. The van der Waals surface area contributed by atoms with E-state index < -0.39 is 0 Å². The molecule has 0 aliphatic heterocycles. The summed E-state index contributed by atoms with van der Waals surface area (Å²) in [5.74, 6) is 0.814. The van der Waals surface area contributed by atoms with Gasteiger partial charge in [-0.15, -0.1) is 0 Å². The van der Waals surface area contributed by atoms with Crippen LogP contribution in [0.4, 0.5) is 11.4 Å². The molecular formula is C18H25N3O2. The minimum absolute atomic E-state index is 0.317. The Labute approximate surface area is 137 Å². The maximum Gasteiger partial charge on any atom is 0.184 e. The zero-order valence-corrected chi connectivity index (χ0v) is 14.1. The zero-order chi connectivity index (χ0) is 16.8. The van der Waals surface area contributed by atoms with Crippen LogP contribution in [0.25, 0.3) is 0 Å². The molecule has 0 aromatic heterocycles. The molecule has 0 saturated heterocycles. The van der Waals surface area contributed by atoms with Gasteiger partial charge in [0, 0.05) is 30.6 Å². The van der Waals surface area contributed by atoms with Crippen molar-refractivity contribution in [2.75, 3.05) is 25.3 Å². The van der Waals surface area contributed by atoms with Crippen molar-refractivity contribution in [3.8, 4) is 5.75 Å². The summed E-state index contributed by atoms with van der Waals surface area (Å²) in [6.07, 6.45) is -0.317. The van der Waals surface area contributed by atoms with Crippen LogP contribution in [0, 0.1) is 13.8 Å². The third-order valence-electron chi connectivity index (χ3n) is 3.83. The monoisotopic (exact) mass is 315 g/mol. The van der Waals surface area contributed by atoms with Crippen LogP contribution in [0.2, 0.25) is 0 Å². The summed E-state index contributed by atoms with van der Waals surface area (Å²) in [6.45, 7) is 4.63. The van der Waals surface area contributed by atoms with Crippen molar-refractivity contribution < 1.29 is 9.47 Å². The van der Waals surface area contributed by atoms with Crippen molar-refractivity contribution in [1.82, 2.24) is 5.32 Å². The summed E-state index contributed by atoms with van der Waals surface area (Å²) < 4.78 is 10.9. The van der Waals surface area contributed by atoms with Crippen LogP contribution in [0.3, 0.4) is 0 Å². The highest BCUT2D eigenvalue weighted by Crippen LogP contribution is 2.26. The number of hydrogen-bond acceptors (Lipinski definition) is 5. The van der Waals surface area contributed by atoms with E-state index in [1.165, 1.54) is 5.56 Å². The van der Waals surface area contributed by atoms with Gasteiger partial charge in [0.15, 0.2) is 6.35 Å². The molecule has 2 aromatic rings. The second-order valence-electron chi connectivity index (χ2n) is 5.47. The molecule has 5 heteroatoms. The SMILES string of the molecule is COc1ccc(N)c(C)c1CNC(Nc1cccc(C)c1)OC. The van der Waals surface area contributed by atoms with Gasteiger partial charge in [0.05, 0.1) is 7.11 Å². The Hall–Kier alpha value is -2.24. The average Bonchev–Trinajstić information content (AvgIpc) is 2.55. The van der Waals surface area contributed by atoms with Crippen LogP contribution < -0.4 is 21.1 Å². The van der Waals surface area contributed by atoms with Gasteiger partial charge in [0.2, 0.25) is 0 Å². The van der Waals surface area contributed by atoms with Crippen LogP contribution in [0.5, 0.6) is 5.75 Å². The molecule has 0 aliphatic rings. The van der Waals surface area contributed by atoms with Gasteiger partial charge in [-0.2, -0.15) is 0 Å². The number of benzene rings is 2. The highest BCUT2D eigenvalue weighted by atomic mass is 16.5. The van der Waals surface area contributed by atoms with Crippen molar-refractivity contribution in [3.63, 3.8) is 0 Å². The molecule has 0 amide bonds. The predicted octanol–water partition coefficient (Wildman–Crippen LogP) is 3.03. The molecule has 4 N–H and O–H groups in total. The molecule has 0 heterocycles. The summed E-state index contributed by atoms with van der Waals surface area (Å²) >= 11 is 0. The first-order valence-corrected chi connectivity index (χ1v) is 7.56. The second-order valence-corrected chi connectivity index (χ2v) is 5.47. The van der Waals surface area contributed by atoms with E-state index in [9.17, 15) is 0 Å². The standard InChI is InChI=1S/C18H25N3O2/c1-12-6-5-7-14(10-12)21-18(23-4)20-11-15-13(2)16(19)8-9-17(15)22-3/h5-10,18,20-21H,11,19H2,1-4H3. The van der Waals surface area contributed by atoms with E-state index in [4.69, 9.17) is 15.2 Å². The van der Waals surface area contributed by atoms with E-state index in [1.54, 1.807) is 14.2 Å². The highest BCUT2D eigenvalue weighted by Gasteiger charge is 2.12. The Bertz CT molecular complexity index is 659.